The number of carbonyl (C=O) groups is 1. The Morgan fingerprint density at radius 2 is 1.94 bits per heavy atom. The zero-order valence-corrected chi connectivity index (χ0v) is 21.8. The van der Waals surface area contributed by atoms with Gasteiger partial charge in [0.25, 0.3) is 0 Å². The standard InChI is InChI=1S/C26H34N4O2S2/c1-18-23-20-13-8-7-12-19(20)11-6-4-5-9-16-30(17-26(2,3)24(31)32)21-14-10-15-22(27-21)34-29-25(28-23)33-18/h7-8,10,12-15,25,28-29H,4-6,9,11,16-17H2,1-3H3,(H,31,32). The Hall–Kier alpha value is -2.16. The number of anilines is 1. The van der Waals surface area contributed by atoms with Gasteiger partial charge < -0.3 is 15.3 Å². The van der Waals surface area contributed by atoms with Crippen molar-refractivity contribution in [3.05, 3.63) is 58.5 Å². The number of hydrogen-bond donors (Lipinski definition) is 3. The van der Waals surface area contributed by atoms with Crippen LogP contribution in [-0.2, 0) is 11.2 Å². The minimum atomic E-state index is -0.852. The zero-order valence-electron chi connectivity index (χ0n) is 20.1. The molecule has 2 aliphatic rings. The zero-order chi connectivity index (χ0) is 24.1. The molecule has 0 saturated heterocycles. The largest absolute Gasteiger partial charge is 0.481 e. The lowest BCUT2D eigenvalue weighted by Gasteiger charge is -2.31. The first-order valence-corrected chi connectivity index (χ1v) is 13.6. The number of rotatable bonds is 3. The molecule has 0 aliphatic carbocycles. The average Bonchev–Trinajstić information content (AvgIpc) is 3.19. The molecule has 1 aromatic carbocycles. The van der Waals surface area contributed by atoms with E-state index in [2.05, 4.69) is 46.1 Å². The SMILES string of the molecule is CC1=C2NC(NSc3cccc(n3)N(CC(C)(C)C(=O)O)CCCCCCc3ccccc32)S1. The number of fused-ring (bicyclic) bond motifs is 6. The van der Waals surface area contributed by atoms with Gasteiger partial charge in [-0.15, -0.1) is 0 Å². The van der Waals surface area contributed by atoms with E-state index in [1.165, 1.54) is 33.7 Å². The number of carboxylic acid groups (broad SMARTS) is 1. The number of pyridine rings is 1. The summed E-state index contributed by atoms with van der Waals surface area (Å²) < 4.78 is 3.51. The van der Waals surface area contributed by atoms with Crippen molar-refractivity contribution in [1.82, 2.24) is 15.0 Å². The van der Waals surface area contributed by atoms with Crippen LogP contribution in [0.5, 0.6) is 0 Å². The molecule has 0 saturated carbocycles. The highest BCUT2D eigenvalue weighted by Gasteiger charge is 2.30. The summed E-state index contributed by atoms with van der Waals surface area (Å²) in [6, 6.07) is 14.7. The van der Waals surface area contributed by atoms with Crippen molar-refractivity contribution < 1.29 is 9.90 Å². The molecule has 2 aromatic rings. The van der Waals surface area contributed by atoms with Crippen LogP contribution in [-0.4, -0.2) is 34.6 Å². The molecule has 0 amide bonds. The van der Waals surface area contributed by atoms with E-state index in [1.807, 2.05) is 18.2 Å². The van der Waals surface area contributed by atoms with Gasteiger partial charge in [-0.2, -0.15) is 0 Å². The first-order chi connectivity index (χ1) is 16.3. The highest BCUT2D eigenvalue weighted by molar-refractivity contribution is 8.05. The number of aliphatic carboxylic acids is 1. The van der Waals surface area contributed by atoms with Crippen molar-refractivity contribution >= 4 is 41.2 Å². The number of aryl methyl sites for hydroxylation is 1. The molecule has 0 radical (unpaired) electrons. The second kappa shape index (κ2) is 11.1. The Balaban J connectivity index is 1.57. The number of aromatic nitrogens is 1. The molecule has 4 bridgehead atoms. The van der Waals surface area contributed by atoms with Gasteiger partial charge in [0.05, 0.1) is 11.1 Å². The lowest BCUT2D eigenvalue weighted by Crippen LogP contribution is -2.40. The second-order valence-corrected chi connectivity index (χ2v) is 11.7. The molecule has 3 heterocycles. The summed E-state index contributed by atoms with van der Waals surface area (Å²) in [4.78, 5) is 20.1. The number of hydrogen-bond acceptors (Lipinski definition) is 7. The Morgan fingerprint density at radius 1 is 1.15 bits per heavy atom. The van der Waals surface area contributed by atoms with Crippen molar-refractivity contribution in [2.75, 3.05) is 18.0 Å². The summed E-state index contributed by atoms with van der Waals surface area (Å²) >= 11 is 3.30. The van der Waals surface area contributed by atoms with Crippen molar-refractivity contribution in [1.29, 1.82) is 0 Å². The summed E-state index contributed by atoms with van der Waals surface area (Å²) in [5.74, 6) is 0.0460. The molecule has 8 heteroatoms. The van der Waals surface area contributed by atoms with E-state index >= 15 is 0 Å². The third kappa shape index (κ3) is 6.09. The number of carboxylic acids is 1. The van der Waals surface area contributed by atoms with Crippen molar-refractivity contribution in [2.24, 2.45) is 5.41 Å². The molecule has 1 atom stereocenters. The fraction of sp³-hybridized carbons (Fsp3) is 0.462. The van der Waals surface area contributed by atoms with Gasteiger partial charge in [0.15, 0.2) is 0 Å². The molecule has 2 aliphatic heterocycles. The smallest absolute Gasteiger partial charge is 0.310 e. The van der Waals surface area contributed by atoms with E-state index in [9.17, 15) is 9.90 Å². The van der Waals surface area contributed by atoms with E-state index < -0.39 is 11.4 Å². The first kappa shape index (κ1) is 24.9. The summed E-state index contributed by atoms with van der Waals surface area (Å²) in [6.07, 6.45) is 5.48. The Bertz CT molecular complexity index is 1060. The molecule has 0 fully saturated rings. The van der Waals surface area contributed by atoms with Gasteiger partial charge in [0.1, 0.15) is 16.3 Å². The van der Waals surface area contributed by atoms with Crippen LogP contribution in [0.15, 0.2) is 52.4 Å². The van der Waals surface area contributed by atoms with E-state index in [4.69, 9.17) is 4.98 Å². The molecule has 34 heavy (non-hydrogen) atoms. The fourth-order valence-electron chi connectivity index (χ4n) is 4.34. The van der Waals surface area contributed by atoms with E-state index in [1.54, 1.807) is 25.6 Å². The average molecular weight is 499 g/mol. The third-order valence-electron chi connectivity index (χ3n) is 6.30. The van der Waals surface area contributed by atoms with Gasteiger partial charge in [0.2, 0.25) is 0 Å². The number of allylic oxidation sites excluding steroid dienone is 1. The lowest BCUT2D eigenvalue weighted by atomic mass is 9.93. The normalized spacial score (nSPS) is 19.9. The number of nitrogens with zero attached hydrogens (tertiary/aromatic N) is 2. The van der Waals surface area contributed by atoms with Crippen LogP contribution in [0.25, 0.3) is 5.70 Å². The molecule has 1 aromatic heterocycles. The van der Waals surface area contributed by atoms with Crippen LogP contribution in [0.1, 0.15) is 57.6 Å². The van der Waals surface area contributed by atoms with Gasteiger partial charge in [0, 0.05) is 23.6 Å². The summed E-state index contributed by atoms with van der Waals surface area (Å²) in [5, 5.41) is 14.2. The summed E-state index contributed by atoms with van der Waals surface area (Å²) in [7, 11) is 0. The Kier molecular flexibility index (Phi) is 8.11. The molecule has 1 unspecified atom stereocenters. The van der Waals surface area contributed by atoms with Crippen molar-refractivity contribution in [3.63, 3.8) is 0 Å². The molecule has 4 rings (SSSR count). The number of benzene rings is 1. The van der Waals surface area contributed by atoms with E-state index in [0.29, 0.717) is 6.54 Å². The number of thioether (sulfide) groups is 1. The lowest BCUT2D eigenvalue weighted by molar-refractivity contribution is -0.146. The van der Waals surface area contributed by atoms with Crippen LogP contribution in [0.2, 0.25) is 0 Å². The van der Waals surface area contributed by atoms with Gasteiger partial charge in [-0.25, -0.2) is 9.71 Å². The maximum Gasteiger partial charge on any atom is 0.310 e. The molecule has 0 spiro atoms. The molecule has 6 nitrogen and oxygen atoms in total. The maximum absolute atomic E-state index is 11.8. The highest BCUT2D eigenvalue weighted by Crippen LogP contribution is 2.36. The van der Waals surface area contributed by atoms with Gasteiger partial charge in [-0.1, -0.05) is 54.9 Å². The van der Waals surface area contributed by atoms with Gasteiger partial charge in [-0.3, -0.25) is 4.79 Å². The molecular formula is C26H34N4O2S2. The highest BCUT2D eigenvalue weighted by atomic mass is 32.2. The minimum absolute atomic E-state index is 0.0521. The van der Waals surface area contributed by atoms with Crippen molar-refractivity contribution in [2.45, 2.75) is 63.4 Å². The topological polar surface area (TPSA) is 77.5 Å². The maximum atomic E-state index is 11.8. The molecule has 3 N–H and O–H groups in total. The van der Waals surface area contributed by atoms with Crippen LogP contribution in [0.3, 0.4) is 0 Å². The monoisotopic (exact) mass is 498 g/mol. The van der Waals surface area contributed by atoms with Gasteiger partial charge in [-0.05, 0) is 69.7 Å². The predicted molar refractivity (Wildman–Crippen MR) is 143 cm³/mol. The van der Waals surface area contributed by atoms with Crippen molar-refractivity contribution in [3.8, 4) is 0 Å². The quantitative estimate of drug-likeness (QED) is 0.464. The summed E-state index contributed by atoms with van der Waals surface area (Å²) in [6.45, 7) is 6.97. The Morgan fingerprint density at radius 3 is 2.76 bits per heavy atom. The Labute approximate surface area is 211 Å². The first-order valence-electron chi connectivity index (χ1n) is 11.9. The van der Waals surface area contributed by atoms with E-state index in [0.717, 1.165) is 49.5 Å². The molecular weight excluding hydrogens is 464 g/mol. The van der Waals surface area contributed by atoms with Gasteiger partial charge >= 0.3 is 5.97 Å². The van der Waals surface area contributed by atoms with E-state index in [-0.39, 0.29) is 5.50 Å². The fourth-order valence-corrected chi connectivity index (χ4v) is 6.07. The minimum Gasteiger partial charge on any atom is -0.481 e. The number of nitrogens with one attached hydrogen (secondary N) is 2. The summed E-state index contributed by atoms with van der Waals surface area (Å²) in [5.41, 5.74) is 3.10. The van der Waals surface area contributed by atoms with Crippen LogP contribution < -0.4 is 14.9 Å². The molecule has 182 valence electrons. The van der Waals surface area contributed by atoms with Crippen LogP contribution in [0.4, 0.5) is 5.82 Å². The third-order valence-corrected chi connectivity index (χ3v) is 8.27. The van der Waals surface area contributed by atoms with Crippen LogP contribution >= 0.6 is 23.7 Å². The second-order valence-electron chi connectivity index (χ2n) is 9.56. The van der Waals surface area contributed by atoms with Crippen LogP contribution in [0, 0.1) is 5.41 Å². The predicted octanol–water partition coefficient (Wildman–Crippen LogP) is 5.72.